The van der Waals surface area contributed by atoms with E-state index >= 15 is 0 Å². The monoisotopic (exact) mass is 314 g/mol. The van der Waals surface area contributed by atoms with Gasteiger partial charge in [0.1, 0.15) is 12.4 Å². The van der Waals surface area contributed by atoms with Gasteiger partial charge in [-0.2, -0.15) is 0 Å². The summed E-state index contributed by atoms with van der Waals surface area (Å²) in [4.78, 5) is 13.7. The number of nitrogens with two attached hydrogens (primary N) is 1. The van der Waals surface area contributed by atoms with Crippen LogP contribution in [0.4, 0.5) is 14.9 Å². The quantitative estimate of drug-likeness (QED) is 0.864. The van der Waals surface area contributed by atoms with E-state index in [2.05, 4.69) is 0 Å². The van der Waals surface area contributed by atoms with E-state index in [9.17, 15) is 9.18 Å². The van der Waals surface area contributed by atoms with Crippen LogP contribution in [0.5, 0.6) is 0 Å². The molecule has 0 saturated heterocycles. The fraction of sp³-hybridized carbons (Fsp3) is 0.278. The molecule has 1 aliphatic rings. The zero-order chi connectivity index (χ0) is 16.4. The van der Waals surface area contributed by atoms with Crippen molar-refractivity contribution in [1.29, 1.82) is 0 Å². The number of hydrogen-bond acceptors (Lipinski definition) is 3. The zero-order valence-corrected chi connectivity index (χ0v) is 13.0. The van der Waals surface area contributed by atoms with Gasteiger partial charge < -0.3 is 15.4 Å². The lowest BCUT2D eigenvalue weighted by molar-refractivity contribution is 0.0914. The van der Waals surface area contributed by atoms with E-state index in [0.717, 1.165) is 11.1 Å². The molecule has 2 N–H and O–H groups in total. The number of aryl methyl sites for hydroxylation is 1. The fourth-order valence-electron chi connectivity index (χ4n) is 2.87. The molecular weight excluding hydrogens is 295 g/mol. The number of halogens is 1. The van der Waals surface area contributed by atoms with Crippen molar-refractivity contribution < 1.29 is 13.9 Å². The predicted octanol–water partition coefficient (Wildman–Crippen LogP) is 3.41. The molecule has 0 aromatic heterocycles. The Morgan fingerprint density at radius 1 is 1.30 bits per heavy atom. The second-order valence-electron chi connectivity index (χ2n) is 5.77. The molecule has 1 amide bonds. The van der Waals surface area contributed by atoms with Crippen LogP contribution in [-0.4, -0.2) is 17.5 Å². The van der Waals surface area contributed by atoms with E-state index in [0.29, 0.717) is 29.8 Å². The van der Waals surface area contributed by atoms with Crippen LogP contribution in [0.15, 0.2) is 36.4 Å². The average Bonchev–Trinajstić information content (AvgIpc) is 2.58. The molecule has 0 fully saturated rings. The first kappa shape index (κ1) is 15.3. The Balaban J connectivity index is 1.70. The summed E-state index contributed by atoms with van der Waals surface area (Å²) in [6, 6.07) is 11.1. The molecule has 1 heterocycles. The van der Waals surface area contributed by atoms with E-state index in [4.69, 9.17) is 10.5 Å². The summed E-state index contributed by atoms with van der Waals surface area (Å²) in [5, 5.41) is 0. The third-order valence-electron chi connectivity index (χ3n) is 4.14. The number of carbonyl (C=O) groups is 1. The number of nitrogen functional groups attached to an aromatic ring is 1. The third-order valence-corrected chi connectivity index (χ3v) is 4.14. The van der Waals surface area contributed by atoms with Gasteiger partial charge >= 0.3 is 6.09 Å². The Morgan fingerprint density at radius 2 is 2.04 bits per heavy atom. The number of benzene rings is 2. The first-order chi connectivity index (χ1) is 11.1. The topological polar surface area (TPSA) is 55.6 Å². The van der Waals surface area contributed by atoms with Gasteiger partial charge in [0.25, 0.3) is 0 Å². The number of nitrogens with zero attached hydrogens (tertiary/aromatic N) is 1. The van der Waals surface area contributed by atoms with Crippen molar-refractivity contribution in [2.75, 3.05) is 12.3 Å². The van der Waals surface area contributed by atoms with Gasteiger partial charge in [0.05, 0.1) is 6.54 Å². The minimum Gasteiger partial charge on any atom is -0.445 e. The van der Waals surface area contributed by atoms with Gasteiger partial charge in [0.15, 0.2) is 0 Å². The van der Waals surface area contributed by atoms with Crippen molar-refractivity contribution >= 4 is 11.8 Å². The van der Waals surface area contributed by atoms with E-state index in [1.807, 2.05) is 30.3 Å². The largest absolute Gasteiger partial charge is 0.445 e. The smallest absolute Gasteiger partial charge is 0.410 e. The highest BCUT2D eigenvalue weighted by atomic mass is 19.1. The minimum absolute atomic E-state index is 0.195. The Labute approximate surface area is 134 Å². The van der Waals surface area contributed by atoms with Crippen molar-refractivity contribution in [3.8, 4) is 0 Å². The van der Waals surface area contributed by atoms with Crippen molar-refractivity contribution in [2.24, 2.45) is 0 Å². The van der Waals surface area contributed by atoms with E-state index < -0.39 is 6.09 Å². The van der Waals surface area contributed by atoms with Crippen molar-refractivity contribution in [3.63, 3.8) is 0 Å². The Morgan fingerprint density at radius 3 is 2.78 bits per heavy atom. The average molecular weight is 314 g/mol. The van der Waals surface area contributed by atoms with Crippen LogP contribution in [0.2, 0.25) is 0 Å². The number of ether oxygens (including phenoxy) is 1. The van der Waals surface area contributed by atoms with Gasteiger partial charge in [0.2, 0.25) is 0 Å². The lowest BCUT2D eigenvalue weighted by Gasteiger charge is -2.29. The van der Waals surface area contributed by atoms with Crippen molar-refractivity contribution in [2.45, 2.75) is 26.5 Å². The third kappa shape index (κ3) is 3.13. The van der Waals surface area contributed by atoms with Crippen molar-refractivity contribution in [3.05, 3.63) is 64.5 Å². The molecule has 5 heteroatoms. The molecule has 0 bridgehead atoms. The maximum absolute atomic E-state index is 14.3. The molecule has 2 aromatic rings. The van der Waals surface area contributed by atoms with Crippen LogP contribution in [0.3, 0.4) is 0 Å². The lowest BCUT2D eigenvalue weighted by Crippen LogP contribution is -2.37. The van der Waals surface area contributed by atoms with Crippen LogP contribution >= 0.6 is 0 Å². The van der Waals surface area contributed by atoms with Crippen molar-refractivity contribution in [1.82, 2.24) is 4.90 Å². The SMILES string of the molecule is Cc1cc(N)c2c(c1F)CN(C(=O)OCc1ccccc1)CC2. The molecule has 23 heavy (non-hydrogen) atoms. The molecular formula is C18H19FN2O2. The van der Waals surface area contributed by atoms with Gasteiger partial charge in [0, 0.05) is 17.8 Å². The first-order valence-corrected chi connectivity index (χ1v) is 7.58. The number of rotatable bonds is 2. The molecule has 120 valence electrons. The molecule has 2 aromatic carbocycles. The Hall–Kier alpha value is -2.56. The number of carbonyl (C=O) groups excluding carboxylic acids is 1. The van der Waals surface area contributed by atoms with Crippen LogP contribution in [0, 0.1) is 12.7 Å². The summed E-state index contributed by atoms with van der Waals surface area (Å²) in [6.45, 7) is 2.56. The van der Waals surface area contributed by atoms with Crippen LogP contribution in [-0.2, 0) is 24.3 Å². The lowest BCUT2D eigenvalue weighted by atomic mass is 9.95. The number of amides is 1. The van der Waals surface area contributed by atoms with Crippen LogP contribution in [0.1, 0.15) is 22.3 Å². The maximum Gasteiger partial charge on any atom is 0.410 e. The fourth-order valence-corrected chi connectivity index (χ4v) is 2.87. The van der Waals surface area contributed by atoms with Gasteiger partial charge in [-0.1, -0.05) is 30.3 Å². The summed E-state index contributed by atoms with van der Waals surface area (Å²) >= 11 is 0. The molecule has 3 rings (SSSR count). The summed E-state index contributed by atoms with van der Waals surface area (Å²) in [5.41, 5.74) is 9.29. The maximum atomic E-state index is 14.3. The standard InChI is InChI=1S/C18H19FN2O2/c1-12-9-16(20)14-7-8-21(10-15(14)17(12)19)18(22)23-11-13-5-3-2-4-6-13/h2-6,9H,7-8,10-11,20H2,1H3. The summed E-state index contributed by atoms with van der Waals surface area (Å²) in [6.07, 6.45) is 0.109. The normalized spacial score (nSPS) is 13.6. The first-order valence-electron chi connectivity index (χ1n) is 7.58. The molecule has 0 radical (unpaired) electrons. The molecule has 0 aliphatic carbocycles. The second-order valence-corrected chi connectivity index (χ2v) is 5.77. The molecule has 1 aliphatic heterocycles. The number of anilines is 1. The van der Waals surface area contributed by atoms with E-state index in [-0.39, 0.29) is 19.0 Å². The molecule has 0 saturated carbocycles. The highest BCUT2D eigenvalue weighted by molar-refractivity contribution is 5.69. The molecule has 0 unspecified atom stereocenters. The summed E-state index contributed by atoms with van der Waals surface area (Å²) in [5.74, 6) is -0.283. The number of fused-ring (bicyclic) bond motifs is 1. The van der Waals surface area contributed by atoms with Gasteiger partial charge in [-0.3, -0.25) is 0 Å². The second kappa shape index (κ2) is 6.28. The van der Waals surface area contributed by atoms with E-state index in [1.54, 1.807) is 13.0 Å². The summed E-state index contributed by atoms with van der Waals surface area (Å²) < 4.78 is 19.6. The minimum atomic E-state index is -0.431. The molecule has 4 nitrogen and oxygen atoms in total. The Bertz CT molecular complexity index is 732. The highest BCUT2D eigenvalue weighted by Crippen LogP contribution is 2.29. The summed E-state index contributed by atoms with van der Waals surface area (Å²) in [7, 11) is 0. The Kier molecular flexibility index (Phi) is 4.19. The number of hydrogen-bond donors (Lipinski definition) is 1. The molecule has 0 spiro atoms. The van der Waals surface area contributed by atoms with E-state index in [1.165, 1.54) is 4.90 Å². The zero-order valence-electron chi connectivity index (χ0n) is 13.0. The highest BCUT2D eigenvalue weighted by Gasteiger charge is 2.26. The van der Waals surface area contributed by atoms with Crippen LogP contribution < -0.4 is 5.73 Å². The van der Waals surface area contributed by atoms with Crippen LogP contribution in [0.25, 0.3) is 0 Å². The van der Waals surface area contributed by atoms with Gasteiger partial charge in [-0.05, 0) is 36.1 Å². The van der Waals surface area contributed by atoms with Gasteiger partial charge in [-0.25, -0.2) is 9.18 Å². The predicted molar refractivity (Wildman–Crippen MR) is 86.3 cm³/mol. The molecule has 0 atom stereocenters. The van der Waals surface area contributed by atoms with Gasteiger partial charge in [-0.15, -0.1) is 0 Å².